The molecule has 0 aliphatic carbocycles. The van der Waals surface area contributed by atoms with Crippen LogP contribution in [-0.4, -0.2) is 9.55 Å². The lowest BCUT2D eigenvalue weighted by Crippen LogP contribution is -2.11. The predicted octanol–water partition coefficient (Wildman–Crippen LogP) is 3.52. The normalized spacial score (nSPS) is 14.0. The Bertz CT molecular complexity index is 637. The first-order valence-electron chi connectivity index (χ1n) is 6.05. The number of hydrogen-bond donors (Lipinski definition) is 0. The molecule has 0 radical (unpaired) electrons. The Balaban J connectivity index is 2.22. The molecule has 0 atom stereocenters. The second-order valence-electron chi connectivity index (χ2n) is 4.43. The topological polar surface area (TPSA) is 41.6 Å². The van der Waals surface area contributed by atoms with Crippen molar-refractivity contribution in [3.63, 3.8) is 0 Å². The molecule has 4 heteroatoms. The van der Waals surface area contributed by atoms with Gasteiger partial charge in [-0.1, -0.05) is 34.1 Å². The van der Waals surface area contributed by atoms with Gasteiger partial charge in [0.05, 0.1) is 5.69 Å². The van der Waals surface area contributed by atoms with Crippen LogP contribution in [0.1, 0.15) is 24.2 Å². The molecule has 1 aromatic carbocycles. The maximum atomic E-state index is 9.19. The Morgan fingerprint density at radius 1 is 1.28 bits per heavy atom. The van der Waals surface area contributed by atoms with Crippen LogP contribution in [0.5, 0.6) is 0 Å². The van der Waals surface area contributed by atoms with Gasteiger partial charge in [-0.2, -0.15) is 5.26 Å². The summed E-state index contributed by atoms with van der Waals surface area (Å²) in [5, 5.41) is 9.19. The fraction of sp³-hybridized carbons (Fsp3) is 0.286. The van der Waals surface area contributed by atoms with Crippen molar-refractivity contribution in [1.82, 2.24) is 9.55 Å². The third-order valence-corrected chi connectivity index (χ3v) is 4.03. The Morgan fingerprint density at radius 3 is 2.89 bits per heavy atom. The highest BCUT2D eigenvalue weighted by atomic mass is 79.9. The van der Waals surface area contributed by atoms with Gasteiger partial charge in [-0.15, -0.1) is 0 Å². The van der Waals surface area contributed by atoms with Crippen LogP contribution in [0.3, 0.4) is 0 Å². The van der Waals surface area contributed by atoms with Gasteiger partial charge in [-0.05, 0) is 25.3 Å². The van der Waals surface area contributed by atoms with E-state index in [0.717, 1.165) is 47.4 Å². The lowest BCUT2D eigenvalue weighted by Gasteiger charge is -2.17. The summed E-state index contributed by atoms with van der Waals surface area (Å²) in [6, 6.07) is 10.2. The highest BCUT2D eigenvalue weighted by Crippen LogP contribution is 2.31. The van der Waals surface area contributed by atoms with Gasteiger partial charge in [0.15, 0.2) is 5.69 Å². The van der Waals surface area contributed by atoms with Crippen LogP contribution < -0.4 is 0 Å². The molecule has 0 bridgehead atoms. The molecule has 0 spiro atoms. The first-order valence-corrected chi connectivity index (χ1v) is 6.85. The molecule has 1 aliphatic heterocycles. The number of nitriles is 1. The summed E-state index contributed by atoms with van der Waals surface area (Å²) in [6.07, 6.45) is 3.27. The molecule has 0 N–H and O–H groups in total. The van der Waals surface area contributed by atoms with Gasteiger partial charge in [0.2, 0.25) is 0 Å². The molecular weight excluding hydrogens is 290 g/mol. The maximum Gasteiger partial charge on any atom is 0.162 e. The van der Waals surface area contributed by atoms with Gasteiger partial charge in [-0.25, -0.2) is 4.98 Å². The van der Waals surface area contributed by atoms with Crippen LogP contribution in [0, 0.1) is 11.3 Å². The SMILES string of the molecule is N#Cc1nc(-c2ccccc2Br)n2c1CCCC2. The zero-order valence-electron chi connectivity index (χ0n) is 9.86. The summed E-state index contributed by atoms with van der Waals surface area (Å²) in [7, 11) is 0. The van der Waals surface area contributed by atoms with E-state index in [9.17, 15) is 5.26 Å². The highest BCUT2D eigenvalue weighted by Gasteiger charge is 2.21. The fourth-order valence-electron chi connectivity index (χ4n) is 2.48. The Labute approximate surface area is 114 Å². The number of halogens is 1. The van der Waals surface area contributed by atoms with Crippen molar-refractivity contribution in [1.29, 1.82) is 5.26 Å². The van der Waals surface area contributed by atoms with Crippen molar-refractivity contribution in [3.8, 4) is 17.5 Å². The van der Waals surface area contributed by atoms with E-state index in [1.165, 1.54) is 0 Å². The van der Waals surface area contributed by atoms with Gasteiger partial charge in [-0.3, -0.25) is 0 Å². The average molecular weight is 302 g/mol. The van der Waals surface area contributed by atoms with Crippen LogP contribution >= 0.6 is 15.9 Å². The monoisotopic (exact) mass is 301 g/mol. The first kappa shape index (κ1) is 11.5. The second kappa shape index (κ2) is 4.58. The minimum Gasteiger partial charge on any atom is -0.327 e. The quantitative estimate of drug-likeness (QED) is 0.808. The maximum absolute atomic E-state index is 9.19. The van der Waals surface area contributed by atoms with E-state index in [0.29, 0.717) is 5.69 Å². The first-order chi connectivity index (χ1) is 8.81. The second-order valence-corrected chi connectivity index (χ2v) is 5.29. The number of benzene rings is 1. The third kappa shape index (κ3) is 1.75. The molecule has 90 valence electrons. The Morgan fingerprint density at radius 2 is 2.11 bits per heavy atom. The molecule has 0 fully saturated rings. The summed E-state index contributed by atoms with van der Waals surface area (Å²) in [5.74, 6) is 0.911. The minimum atomic E-state index is 0.584. The summed E-state index contributed by atoms with van der Waals surface area (Å²) in [5.41, 5.74) is 2.73. The van der Waals surface area contributed by atoms with Gasteiger partial charge < -0.3 is 4.57 Å². The summed E-state index contributed by atoms with van der Waals surface area (Å²) < 4.78 is 3.22. The van der Waals surface area contributed by atoms with E-state index in [-0.39, 0.29) is 0 Å². The van der Waals surface area contributed by atoms with Crippen LogP contribution in [-0.2, 0) is 13.0 Å². The summed E-state index contributed by atoms with van der Waals surface area (Å²) in [6.45, 7) is 0.959. The van der Waals surface area contributed by atoms with Crippen LogP contribution in [0.25, 0.3) is 11.4 Å². The van der Waals surface area contributed by atoms with Crippen molar-refractivity contribution >= 4 is 15.9 Å². The smallest absolute Gasteiger partial charge is 0.162 e. The molecule has 2 heterocycles. The van der Waals surface area contributed by atoms with Crippen molar-refractivity contribution in [3.05, 3.63) is 40.1 Å². The van der Waals surface area contributed by atoms with E-state index in [2.05, 4.69) is 31.6 Å². The zero-order valence-corrected chi connectivity index (χ0v) is 11.4. The van der Waals surface area contributed by atoms with Crippen molar-refractivity contribution in [2.45, 2.75) is 25.8 Å². The van der Waals surface area contributed by atoms with Gasteiger partial charge >= 0.3 is 0 Å². The molecule has 0 amide bonds. The van der Waals surface area contributed by atoms with Crippen LogP contribution in [0.15, 0.2) is 28.7 Å². The summed E-state index contributed by atoms with van der Waals surface area (Å²) >= 11 is 3.56. The average Bonchev–Trinajstić information content (AvgIpc) is 2.78. The van der Waals surface area contributed by atoms with Gasteiger partial charge in [0.1, 0.15) is 11.9 Å². The largest absolute Gasteiger partial charge is 0.327 e. The van der Waals surface area contributed by atoms with Crippen molar-refractivity contribution in [2.24, 2.45) is 0 Å². The van der Waals surface area contributed by atoms with E-state index in [1.54, 1.807) is 0 Å². The van der Waals surface area contributed by atoms with E-state index < -0.39 is 0 Å². The molecule has 1 aliphatic rings. The Hall–Kier alpha value is -1.60. The molecule has 3 rings (SSSR count). The standard InChI is InChI=1S/C14H12BrN3/c15-11-6-2-1-5-10(11)14-17-12(9-16)13-7-3-4-8-18(13)14/h1-2,5-6H,3-4,7-8H2. The highest BCUT2D eigenvalue weighted by molar-refractivity contribution is 9.10. The van der Waals surface area contributed by atoms with Crippen LogP contribution in [0.4, 0.5) is 0 Å². The van der Waals surface area contributed by atoms with Crippen molar-refractivity contribution in [2.75, 3.05) is 0 Å². The fourth-order valence-corrected chi connectivity index (χ4v) is 2.94. The molecule has 0 saturated heterocycles. The zero-order chi connectivity index (χ0) is 12.5. The number of fused-ring (bicyclic) bond motifs is 1. The molecular formula is C14H12BrN3. The van der Waals surface area contributed by atoms with Gasteiger partial charge in [0.25, 0.3) is 0 Å². The Kier molecular flexibility index (Phi) is 2.92. The van der Waals surface area contributed by atoms with E-state index >= 15 is 0 Å². The number of rotatable bonds is 1. The number of hydrogen-bond acceptors (Lipinski definition) is 2. The number of aromatic nitrogens is 2. The number of nitrogens with zero attached hydrogens (tertiary/aromatic N) is 3. The molecule has 18 heavy (non-hydrogen) atoms. The van der Waals surface area contributed by atoms with Crippen LogP contribution in [0.2, 0.25) is 0 Å². The third-order valence-electron chi connectivity index (χ3n) is 3.34. The van der Waals surface area contributed by atoms with E-state index in [4.69, 9.17) is 0 Å². The molecule has 3 nitrogen and oxygen atoms in total. The molecule has 0 unspecified atom stereocenters. The lowest BCUT2D eigenvalue weighted by molar-refractivity contribution is 0.535. The summed E-state index contributed by atoms with van der Waals surface area (Å²) in [4.78, 5) is 4.51. The number of imidazole rings is 1. The van der Waals surface area contributed by atoms with E-state index in [1.807, 2.05) is 24.3 Å². The van der Waals surface area contributed by atoms with Crippen molar-refractivity contribution < 1.29 is 0 Å². The molecule has 2 aromatic rings. The minimum absolute atomic E-state index is 0.584. The van der Waals surface area contributed by atoms with Gasteiger partial charge in [0, 0.05) is 16.6 Å². The lowest BCUT2D eigenvalue weighted by atomic mass is 10.1. The predicted molar refractivity (Wildman–Crippen MR) is 73.0 cm³/mol. The molecule has 1 aromatic heterocycles. The molecule has 0 saturated carbocycles.